The smallest absolute Gasteiger partial charge is 0.498 e. The summed E-state index contributed by atoms with van der Waals surface area (Å²) in [4.78, 5) is 31.5. The first-order chi connectivity index (χ1) is 14.2. The van der Waals surface area contributed by atoms with Crippen LogP contribution in [0.3, 0.4) is 0 Å². The molecule has 3 aliphatic rings. The molecule has 30 heavy (non-hydrogen) atoms. The maximum Gasteiger partial charge on any atom is 0.498 e. The Hall–Kier alpha value is -1.90. The number of nitrogens with zero attached hydrogens (tertiary/aromatic N) is 4. The van der Waals surface area contributed by atoms with Gasteiger partial charge in [0.1, 0.15) is 13.1 Å². The molecule has 0 spiro atoms. The summed E-state index contributed by atoms with van der Waals surface area (Å²) in [5.41, 5.74) is 1.05. The van der Waals surface area contributed by atoms with E-state index in [2.05, 4.69) is 0 Å². The third-order valence-electron chi connectivity index (χ3n) is 6.05. The zero-order chi connectivity index (χ0) is 20.1. The van der Waals surface area contributed by atoms with Gasteiger partial charge in [0.25, 0.3) is 0 Å². The SMILES string of the molecule is O=C(N1CCOCC1)N(Cc1cc[n+](C(=O)N2CCOCC2)cc1)C1CCCC1.[Cl-]. The van der Waals surface area contributed by atoms with Gasteiger partial charge >= 0.3 is 12.1 Å². The predicted octanol–water partition coefficient (Wildman–Crippen LogP) is -1.52. The molecule has 2 aliphatic heterocycles. The number of carbonyl (C=O) groups excluding carboxylic acids is 2. The van der Waals surface area contributed by atoms with Crippen LogP contribution >= 0.6 is 0 Å². The molecule has 166 valence electrons. The van der Waals surface area contributed by atoms with E-state index in [0.29, 0.717) is 65.2 Å². The Labute approximate surface area is 184 Å². The van der Waals surface area contributed by atoms with Gasteiger partial charge in [0, 0.05) is 25.7 Å². The maximum atomic E-state index is 13.2. The van der Waals surface area contributed by atoms with Crippen molar-refractivity contribution in [2.75, 3.05) is 52.6 Å². The molecule has 1 saturated carbocycles. The second-order valence-electron chi connectivity index (χ2n) is 7.94. The van der Waals surface area contributed by atoms with Crippen LogP contribution in [-0.2, 0) is 16.0 Å². The van der Waals surface area contributed by atoms with Crippen molar-refractivity contribution in [2.24, 2.45) is 0 Å². The standard InChI is InChI=1S/C21H31N4O4.ClH/c26-20(23-9-13-28-14-10-23)22-7-5-18(6-8-22)17-25(19-3-1-2-4-19)21(27)24-11-15-29-16-12-24;/h5-8,19H,1-4,9-17H2;1H/q+1;/p-1. The minimum absolute atomic E-state index is 0. The highest BCUT2D eigenvalue weighted by Gasteiger charge is 2.31. The monoisotopic (exact) mass is 438 g/mol. The zero-order valence-corrected chi connectivity index (χ0v) is 18.1. The lowest BCUT2D eigenvalue weighted by Crippen LogP contribution is -3.00. The van der Waals surface area contributed by atoms with Crippen LogP contribution in [0, 0.1) is 0 Å². The maximum absolute atomic E-state index is 13.2. The quantitative estimate of drug-likeness (QED) is 0.537. The van der Waals surface area contributed by atoms with Crippen molar-refractivity contribution in [3.8, 4) is 0 Å². The summed E-state index contributed by atoms with van der Waals surface area (Å²) in [7, 11) is 0. The first-order valence-corrected chi connectivity index (χ1v) is 10.7. The highest BCUT2D eigenvalue weighted by molar-refractivity contribution is 5.75. The van der Waals surface area contributed by atoms with Crippen molar-refractivity contribution in [1.29, 1.82) is 0 Å². The van der Waals surface area contributed by atoms with E-state index >= 15 is 0 Å². The highest BCUT2D eigenvalue weighted by Crippen LogP contribution is 2.26. The number of halogens is 1. The van der Waals surface area contributed by atoms with E-state index in [4.69, 9.17) is 9.47 Å². The molecule has 0 N–H and O–H groups in total. The van der Waals surface area contributed by atoms with Gasteiger partial charge in [-0.3, -0.25) is 0 Å². The number of amides is 3. The number of hydrogen-bond donors (Lipinski definition) is 0. The van der Waals surface area contributed by atoms with Gasteiger partial charge in [0.05, 0.1) is 38.8 Å². The number of pyridine rings is 1. The van der Waals surface area contributed by atoms with Crippen LogP contribution < -0.4 is 17.0 Å². The molecule has 3 heterocycles. The molecule has 9 heteroatoms. The number of aromatic nitrogens is 1. The minimum Gasteiger partial charge on any atom is -1.00 e. The number of morpholine rings is 2. The Bertz CT molecular complexity index is 699. The summed E-state index contributed by atoms with van der Waals surface area (Å²) in [6.07, 6.45) is 8.11. The van der Waals surface area contributed by atoms with Crippen LogP contribution in [0.4, 0.5) is 9.59 Å². The molecule has 0 aromatic carbocycles. The van der Waals surface area contributed by atoms with E-state index in [1.807, 2.05) is 21.9 Å². The molecule has 3 amide bonds. The van der Waals surface area contributed by atoms with Crippen molar-refractivity contribution in [1.82, 2.24) is 14.7 Å². The van der Waals surface area contributed by atoms with Crippen LogP contribution in [0.2, 0.25) is 0 Å². The number of urea groups is 1. The van der Waals surface area contributed by atoms with Gasteiger partial charge in [-0.25, -0.2) is 9.69 Å². The molecule has 3 fully saturated rings. The van der Waals surface area contributed by atoms with Crippen LogP contribution in [0.5, 0.6) is 0 Å². The fraction of sp³-hybridized carbons (Fsp3) is 0.667. The first-order valence-electron chi connectivity index (χ1n) is 10.7. The lowest BCUT2D eigenvalue weighted by atomic mass is 10.1. The third kappa shape index (κ3) is 5.42. The molecular formula is C21H31ClN4O4. The van der Waals surface area contributed by atoms with Crippen LogP contribution in [0.15, 0.2) is 24.5 Å². The predicted molar refractivity (Wildman–Crippen MR) is 105 cm³/mol. The Morgan fingerprint density at radius 1 is 0.933 bits per heavy atom. The number of ether oxygens (including phenoxy) is 2. The van der Waals surface area contributed by atoms with Crippen LogP contribution in [-0.4, -0.2) is 85.4 Å². The normalized spacial score (nSPS) is 20.0. The lowest BCUT2D eigenvalue weighted by molar-refractivity contribution is -0.578. The van der Waals surface area contributed by atoms with Gasteiger partial charge < -0.3 is 31.7 Å². The van der Waals surface area contributed by atoms with Crippen molar-refractivity contribution in [3.63, 3.8) is 0 Å². The van der Waals surface area contributed by atoms with E-state index in [1.165, 1.54) is 12.8 Å². The van der Waals surface area contributed by atoms with Crippen molar-refractivity contribution < 1.29 is 36.0 Å². The first kappa shape index (κ1) is 22.8. The van der Waals surface area contributed by atoms with Gasteiger partial charge in [-0.05, 0) is 30.5 Å². The minimum atomic E-state index is -0.0307. The van der Waals surface area contributed by atoms with Gasteiger partial charge in [-0.1, -0.05) is 12.8 Å². The second kappa shape index (κ2) is 10.9. The highest BCUT2D eigenvalue weighted by atomic mass is 35.5. The Balaban J connectivity index is 0.00000256. The van der Waals surface area contributed by atoms with Crippen LogP contribution in [0.1, 0.15) is 31.2 Å². The second-order valence-corrected chi connectivity index (χ2v) is 7.94. The average molecular weight is 439 g/mol. The molecule has 1 aliphatic carbocycles. The van der Waals surface area contributed by atoms with Gasteiger partial charge in [0.15, 0.2) is 0 Å². The van der Waals surface area contributed by atoms with E-state index in [0.717, 1.165) is 18.4 Å². The molecule has 4 rings (SSSR count). The molecule has 0 atom stereocenters. The summed E-state index contributed by atoms with van der Waals surface area (Å²) in [5, 5.41) is 0. The van der Waals surface area contributed by atoms with Crippen LogP contribution in [0.25, 0.3) is 0 Å². The summed E-state index contributed by atoms with van der Waals surface area (Å²) in [6.45, 7) is 5.53. The molecule has 0 radical (unpaired) electrons. The van der Waals surface area contributed by atoms with Gasteiger partial charge in [-0.2, -0.15) is 9.36 Å². The summed E-state index contributed by atoms with van der Waals surface area (Å²) in [5.74, 6) is 0. The van der Waals surface area contributed by atoms with Gasteiger partial charge in [0.2, 0.25) is 0 Å². The van der Waals surface area contributed by atoms with Crippen molar-refractivity contribution >= 4 is 12.1 Å². The van der Waals surface area contributed by atoms with E-state index < -0.39 is 0 Å². The Morgan fingerprint density at radius 2 is 1.47 bits per heavy atom. The summed E-state index contributed by atoms with van der Waals surface area (Å²) in [6, 6.07) is 4.28. The van der Waals surface area contributed by atoms with E-state index in [1.54, 1.807) is 21.9 Å². The Morgan fingerprint density at radius 3 is 2.03 bits per heavy atom. The summed E-state index contributed by atoms with van der Waals surface area (Å²) >= 11 is 0. The number of rotatable bonds is 3. The molecule has 0 bridgehead atoms. The molecular weight excluding hydrogens is 408 g/mol. The molecule has 8 nitrogen and oxygen atoms in total. The summed E-state index contributed by atoms with van der Waals surface area (Å²) < 4.78 is 12.3. The molecule has 1 aromatic rings. The molecule has 2 saturated heterocycles. The number of carbonyl (C=O) groups is 2. The zero-order valence-electron chi connectivity index (χ0n) is 17.4. The average Bonchev–Trinajstić information content (AvgIpc) is 3.33. The molecule has 1 aromatic heterocycles. The molecule has 0 unspecified atom stereocenters. The van der Waals surface area contributed by atoms with Crippen molar-refractivity contribution in [2.45, 2.75) is 38.3 Å². The van der Waals surface area contributed by atoms with E-state index in [9.17, 15) is 9.59 Å². The van der Waals surface area contributed by atoms with Gasteiger partial charge in [-0.15, -0.1) is 0 Å². The fourth-order valence-corrected chi connectivity index (χ4v) is 4.31. The van der Waals surface area contributed by atoms with E-state index in [-0.39, 0.29) is 24.5 Å². The largest absolute Gasteiger partial charge is 1.00 e. The topological polar surface area (TPSA) is 66.2 Å². The van der Waals surface area contributed by atoms with Crippen molar-refractivity contribution in [3.05, 3.63) is 30.1 Å². The lowest BCUT2D eigenvalue weighted by Gasteiger charge is -2.36. The fourth-order valence-electron chi connectivity index (χ4n) is 4.31. The number of hydrogen-bond acceptors (Lipinski definition) is 4. The Kier molecular flexibility index (Phi) is 8.30. The third-order valence-corrected chi connectivity index (χ3v) is 6.05.